The molecule has 2 fully saturated rings. The summed E-state index contributed by atoms with van der Waals surface area (Å²) in [7, 11) is 0. The second kappa shape index (κ2) is 6.35. The van der Waals surface area contributed by atoms with Crippen molar-refractivity contribution in [2.45, 2.75) is 57.2 Å². The van der Waals surface area contributed by atoms with Gasteiger partial charge in [0, 0.05) is 24.4 Å². The summed E-state index contributed by atoms with van der Waals surface area (Å²) in [6.07, 6.45) is 3.20. The van der Waals surface area contributed by atoms with E-state index in [1.807, 2.05) is 0 Å². The quantitative estimate of drug-likeness (QED) is 0.824. The molecule has 0 aromatic heterocycles. The summed E-state index contributed by atoms with van der Waals surface area (Å²) in [6, 6.07) is 2.46. The van der Waals surface area contributed by atoms with Gasteiger partial charge in [0.05, 0.1) is 6.54 Å². The van der Waals surface area contributed by atoms with E-state index in [0.717, 1.165) is 35.3 Å². The normalized spacial score (nSPS) is 25.8. The van der Waals surface area contributed by atoms with E-state index in [4.69, 9.17) is 10.5 Å². The lowest BCUT2D eigenvalue weighted by Gasteiger charge is -2.32. The fourth-order valence-corrected chi connectivity index (χ4v) is 3.82. The van der Waals surface area contributed by atoms with Crippen LogP contribution in [0.25, 0.3) is 0 Å². The lowest BCUT2D eigenvalue weighted by molar-refractivity contribution is -0.163. The largest absolute Gasteiger partial charge is 0.486 e. The molecule has 138 valence electrons. The summed E-state index contributed by atoms with van der Waals surface area (Å²) >= 11 is 0. The first kappa shape index (κ1) is 17.0. The van der Waals surface area contributed by atoms with Crippen LogP contribution in [0.15, 0.2) is 12.1 Å². The third-order valence-corrected chi connectivity index (χ3v) is 5.22. The number of rotatable bonds is 3. The molecular weight excluding hydrogens is 341 g/mol. The predicted octanol–water partition coefficient (Wildman–Crippen LogP) is 1.49. The summed E-state index contributed by atoms with van der Waals surface area (Å²) in [5, 5.41) is 2.00. The maximum absolute atomic E-state index is 14.4. The van der Waals surface area contributed by atoms with Crippen LogP contribution < -0.4 is 10.5 Å². The number of ether oxygens (including phenoxy) is 1. The molecule has 4 rings (SSSR count). The first-order chi connectivity index (χ1) is 12.5. The van der Waals surface area contributed by atoms with E-state index in [9.17, 15) is 18.8 Å². The maximum Gasteiger partial charge on any atom is 0.273 e. The Kier molecular flexibility index (Phi) is 4.14. The molecule has 3 aliphatic rings. The number of carbonyl (C=O) groups excluding carboxylic acids is 3. The van der Waals surface area contributed by atoms with E-state index in [1.54, 1.807) is 0 Å². The number of benzene rings is 1. The van der Waals surface area contributed by atoms with Gasteiger partial charge < -0.3 is 10.5 Å². The first-order valence-corrected chi connectivity index (χ1v) is 8.88. The molecule has 1 aromatic carbocycles. The van der Waals surface area contributed by atoms with Crippen molar-refractivity contribution in [1.29, 1.82) is 0 Å². The standard InChI is InChI=1S/C18H20FN3O4/c19-12-8-11-10(7-15(12)26-14-4-1-3-13(14)20)9-21(18(11)25)22-16(23)5-2-6-17(22)24/h7-8,13-14H,1-6,9,20H2/t13-,14-/m0/s1. The molecule has 7 nitrogen and oxygen atoms in total. The topological polar surface area (TPSA) is 92.9 Å². The van der Waals surface area contributed by atoms with Crippen LogP contribution in [-0.2, 0) is 16.1 Å². The number of nitrogens with two attached hydrogens (primary N) is 1. The fraction of sp³-hybridized carbons (Fsp3) is 0.500. The van der Waals surface area contributed by atoms with Gasteiger partial charge in [0.1, 0.15) is 6.10 Å². The number of halogens is 1. The van der Waals surface area contributed by atoms with Crippen molar-refractivity contribution in [3.05, 3.63) is 29.1 Å². The molecule has 2 atom stereocenters. The van der Waals surface area contributed by atoms with Crippen LogP contribution in [0.5, 0.6) is 5.75 Å². The van der Waals surface area contributed by atoms with Crippen LogP contribution in [-0.4, -0.2) is 39.9 Å². The number of nitrogens with zero attached hydrogens (tertiary/aromatic N) is 2. The molecule has 1 saturated heterocycles. The SMILES string of the molecule is N[C@H]1CCC[C@@H]1Oc1cc2c(cc1F)C(=O)N(N1C(=O)CCCC1=O)C2. The second-order valence-electron chi connectivity index (χ2n) is 7.01. The minimum absolute atomic E-state index is 0.0407. The van der Waals surface area contributed by atoms with E-state index in [0.29, 0.717) is 12.0 Å². The van der Waals surface area contributed by atoms with E-state index in [2.05, 4.69) is 0 Å². The van der Waals surface area contributed by atoms with Crippen LogP contribution >= 0.6 is 0 Å². The van der Waals surface area contributed by atoms with Crippen molar-refractivity contribution < 1.29 is 23.5 Å². The number of fused-ring (bicyclic) bond motifs is 1. The highest BCUT2D eigenvalue weighted by atomic mass is 19.1. The van der Waals surface area contributed by atoms with Gasteiger partial charge >= 0.3 is 0 Å². The Morgan fingerprint density at radius 1 is 1.08 bits per heavy atom. The monoisotopic (exact) mass is 361 g/mol. The zero-order chi connectivity index (χ0) is 18.4. The Hall–Kier alpha value is -2.48. The number of piperidine rings is 1. The van der Waals surface area contributed by atoms with E-state index < -0.39 is 23.5 Å². The molecule has 0 spiro atoms. The molecule has 0 bridgehead atoms. The summed E-state index contributed by atoms with van der Waals surface area (Å²) in [5.41, 5.74) is 6.65. The van der Waals surface area contributed by atoms with Gasteiger partial charge in [-0.05, 0) is 43.4 Å². The number of imide groups is 1. The number of amides is 3. The van der Waals surface area contributed by atoms with Crippen molar-refractivity contribution >= 4 is 17.7 Å². The van der Waals surface area contributed by atoms with Crippen LogP contribution in [0.4, 0.5) is 4.39 Å². The van der Waals surface area contributed by atoms with E-state index >= 15 is 0 Å². The molecule has 2 aliphatic heterocycles. The van der Waals surface area contributed by atoms with Crippen LogP contribution in [0, 0.1) is 5.82 Å². The molecule has 8 heteroatoms. The number of hydrogen-bond acceptors (Lipinski definition) is 5. The predicted molar refractivity (Wildman–Crippen MR) is 88.2 cm³/mol. The van der Waals surface area contributed by atoms with Gasteiger partial charge in [-0.15, -0.1) is 0 Å². The van der Waals surface area contributed by atoms with E-state index in [-0.39, 0.29) is 42.8 Å². The molecule has 1 aromatic rings. The molecular formula is C18H20FN3O4. The fourth-order valence-electron chi connectivity index (χ4n) is 3.82. The average Bonchev–Trinajstić information content (AvgIpc) is 3.13. The van der Waals surface area contributed by atoms with Gasteiger partial charge in [0.25, 0.3) is 5.91 Å². The molecule has 1 aliphatic carbocycles. The van der Waals surface area contributed by atoms with Crippen LogP contribution in [0.2, 0.25) is 0 Å². The van der Waals surface area contributed by atoms with Crippen molar-refractivity contribution in [3.63, 3.8) is 0 Å². The first-order valence-electron chi connectivity index (χ1n) is 8.88. The summed E-state index contributed by atoms with van der Waals surface area (Å²) in [4.78, 5) is 36.8. The highest BCUT2D eigenvalue weighted by molar-refractivity contribution is 6.04. The van der Waals surface area contributed by atoms with Crippen molar-refractivity contribution in [2.24, 2.45) is 5.73 Å². The smallest absolute Gasteiger partial charge is 0.273 e. The average molecular weight is 361 g/mol. The zero-order valence-corrected chi connectivity index (χ0v) is 14.2. The minimum atomic E-state index is -0.644. The molecule has 0 radical (unpaired) electrons. The number of carbonyl (C=O) groups is 3. The molecule has 2 heterocycles. The molecule has 26 heavy (non-hydrogen) atoms. The Balaban J connectivity index is 1.60. The van der Waals surface area contributed by atoms with Crippen LogP contribution in [0.1, 0.15) is 54.4 Å². The third-order valence-electron chi connectivity index (χ3n) is 5.22. The minimum Gasteiger partial charge on any atom is -0.486 e. The second-order valence-corrected chi connectivity index (χ2v) is 7.01. The Labute approximate surface area is 149 Å². The number of hydrogen-bond donors (Lipinski definition) is 1. The molecule has 1 saturated carbocycles. The third kappa shape index (κ3) is 2.74. The summed E-state index contributed by atoms with van der Waals surface area (Å²) in [6.45, 7) is 0.0407. The number of hydrazine groups is 1. The summed E-state index contributed by atoms with van der Waals surface area (Å²) < 4.78 is 20.2. The Morgan fingerprint density at radius 3 is 2.46 bits per heavy atom. The summed E-state index contributed by atoms with van der Waals surface area (Å²) in [5.74, 6) is -1.95. The highest BCUT2D eigenvalue weighted by Crippen LogP contribution is 2.33. The van der Waals surface area contributed by atoms with Gasteiger partial charge in [0.15, 0.2) is 11.6 Å². The Morgan fingerprint density at radius 2 is 1.81 bits per heavy atom. The van der Waals surface area contributed by atoms with Crippen molar-refractivity contribution in [3.8, 4) is 5.75 Å². The van der Waals surface area contributed by atoms with Crippen LogP contribution in [0.3, 0.4) is 0 Å². The van der Waals surface area contributed by atoms with Gasteiger partial charge in [-0.3, -0.25) is 14.4 Å². The van der Waals surface area contributed by atoms with Crippen molar-refractivity contribution in [2.75, 3.05) is 0 Å². The van der Waals surface area contributed by atoms with Gasteiger partial charge in [-0.2, -0.15) is 5.01 Å². The lowest BCUT2D eigenvalue weighted by atomic mass is 10.1. The lowest BCUT2D eigenvalue weighted by Crippen LogP contribution is -2.51. The Bertz CT molecular complexity index is 781. The van der Waals surface area contributed by atoms with Gasteiger partial charge in [0.2, 0.25) is 11.8 Å². The van der Waals surface area contributed by atoms with Gasteiger partial charge in [-0.25, -0.2) is 9.40 Å². The molecule has 3 amide bonds. The van der Waals surface area contributed by atoms with E-state index in [1.165, 1.54) is 6.07 Å². The zero-order valence-electron chi connectivity index (χ0n) is 14.2. The molecule has 0 unspecified atom stereocenters. The highest BCUT2D eigenvalue weighted by Gasteiger charge is 2.40. The molecule has 2 N–H and O–H groups in total. The van der Waals surface area contributed by atoms with Crippen molar-refractivity contribution in [1.82, 2.24) is 10.0 Å². The van der Waals surface area contributed by atoms with Gasteiger partial charge in [-0.1, -0.05) is 0 Å². The maximum atomic E-state index is 14.4.